The molecule has 1 aliphatic heterocycles. The van der Waals surface area contributed by atoms with Crippen molar-refractivity contribution in [1.82, 2.24) is 0 Å². The average Bonchev–Trinajstić information content (AvgIpc) is 3.15. The molecule has 2 atom stereocenters. The van der Waals surface area contributed by atoms with Crippen molar-refractivity contribution in [3.63, 3.8) is 0 Å². The van der Waals surface area contributed by atoms with Crippen molar-refractivity contribution in [2.24, 2.45) is 10.2 Å². The minimum absolute atomic E-state index is 0.375. The number of benzene rings is 1. The zero-order valence-corrected chi connectivity index (χ0v) is 13.7. The molecule has 0 saturated heterocycles. The monoisotopic (exact) mass is 312 g/mol. The summed E-state index contributed by atoms with van der Waals surface area (Å²) in [6, 6.07) is 8.69. The molecular formula is C19H24N2O2. The van der Waals surface area contributed by atoms with Crippen LogP contribution < -0.4 is 4.74 Å². The van der Waals surface area contributed by atoms with Crippen LogP contribution in [0.1, 0.15) is 31.2 Å². The van der Waals surface area contributed by atoms with Crippen molar-refractivity contribution in [3.05, 3.63) is 53.6 Å². The molecule has 0 N–H and O–H groups in total. The number of fused-ring (bicyclic) bond motifs is 2. The molecule has 0 spiro atoms. The summed E-state index contributed by atoms with van der Waals surface area (Å²) in [7, 11) is 1.67. The van der Waals surface area contributed by atoms with Gasteiger partial charge in [-0.15, -0.1) is 0 Å². The van der Waals surface area contributed by atoms with Gasteiger partial charge >= 0.3 is 0 Å². The van der Waals surface area contributed by atoms with Gasteiger partial charge in [-0.2, -0.15) is 10.2 Å². The summed E-state index contributed by atoms with van der Waals surface area (Å²) in [5.74, 6) is 0.866. The lowest BCUT2D eigenvalue weighted by molar-refractivity contribution is 0.141. The Bertz CT molecular complexity index is 588. The van der Waals surface area contributed by atoms with E-state index in [4.69, 9.17) is 9.47 Å². The Balaban J connectivity index is 1.34. The number of nitrogens with zero attached hydrogens (tertiary/aromatic N) is 2. The Morgan fingerprint density at radius 3 is 2.52 bits per heavy atom. The minimum Gasteiger partial charge on any atom is -0.497 e. The Morgan fingerprint density at radius 2 is 1.91 bits per heavy atom. The molecule has 1 fully saturated rings. The lowest BCUT2D eigenvalue weighted by Crippen LogP contribution is -2.01. The molecule has 0 unspecified atom stereocenters. The molecular weight excluding hydrogens is 288 g/mol. The summed E-state index contributed by atoms with van der Waals surface area (Å²) >= 11 is 0. The fourth-order valence-electron chi connectivity index (χ4n) is 3.10. The first kappa shape index (κ1) is 15.9. The molecule has 3 rings (SSSR count). The second-order valence-electron chi connectivity index (χ2n) is 6.17. The van der Waals surface area contributed by atoms with Crippen LogP contribution in [0.2, 0.25) is 0 Å². The Hall–Kier alpha value is -1.94. The van der Waals surface area contributed by atoms with Gasteiger partial charge in [0, 0.05) is 0 Å². The zero-order chi connectivity index (χ0) is 16.1. The number of hydrogen-bond donors (Lipinski definition) is 0. The van der Waals surface area contributed by atoms with Gasteiger partial charge in [-0.25, -0.2) is 0 Å². The quantitative estimate of drug-likeness (QED) is 0.665. The molecule has 122 valence electrons. The first-order valence-electron chi connectivity index (χ1n) is 8.23. The lowest BCUT2D eigenvalue weighted by atomic mass is 10.1. The van der Waals surface area contributed by atoms with Crippen LogP contribution in [0.25, 0.3) is 0 Å². The number of methoxy groups -OCH3 is 1. The van der Waals surface area contributed by atoms with Crippen LogP contribution in [0, 0.1) is 0 Å². The van der Waals surface area contributed by atoms with E-state index in [2.05, 4.69) is 22.9 Å². The third-order valence-corrected chi connectivity index (χ3v) is 4.44. The van der Waals surface area contributed by atoms with Gasteiger partial charge in [0.25, 0.3) is 0 Å². The Morgan fingerprint density at radius 1 is 1.22 bits per heavy atom. The molecule has 23 heavy (non-hydrogen) atoms. The molecule has 0 amide bonds. The number of ether oxygens (including phenoxy) is 2. The van der Waals surface area contributed by atoms with Crippen molar-refractivity contribution >= 4 is 0 Å². The number of hydrogen-bond acceptors (Lipinski definition) is 4. The van der Waals surface area contributed by atoms with Gasteiger partial charge in [0.2, 0.25) is 0 Å². The summed E-state index contributed by atoms with van der Waals surface area (Å²) in [4.78, 5) is 0. The van der Waals surface area contributed by atoms with Crippen LogP contribution in [-0.4, -0.2) is 25.8 Å². The van der Waals surface area contributed by atoms with Gasteiger partial charge in [-0.05, 0) is 49.0 Å². The number of allylic oxidation sites excluding steroid dienone is 1. The van der Waals surface area contributed by atoms with Gasteiger partial charge in [0.15, 0.2) is 0 Å². The van der Waals surface area contributed by atoms with Crippen molar-refractivity contribution < 1.29 is 9.47 Å². The van der Waals surface area contributed by atoms with Crippen LogP contribution in [0.4, 0.5) is 0 Å². The molecule has 1 saturated carbocycles. The fraction of sp³-hybridized carbons (Fsp3) is 0.474. The lowest BCUT2D eigenvalue weighted by Gasteiger charge is -2.08. The summed E-state index contributed by atoms with van der Waals surface area (Å²) in [5.41, 5.74) is 3.71. The third kappa shape index (κ3) is 4.08. The maximum Gasteiger partial charge on any atom is 0.118 e. The van der Waals surface area contributed by atoms with Crippen molar-refractivity contribution in [1.29, 1.82) is 0 Å². The van der Waals surface area contributed by atoms with Gasteiger partial charge in [0.1, 0.15) is 5.75 Å². The maximum atomic E-state index is 5.73. The normalized spacial score (nSPS) is 23.6. The van der Waals surface area contributed by atoms with E-state index in [1.807, 2.05) is 24.3 Å². The summed E-state index contributed by atoms with van der Waals surface area (Å²) < 4.78 is 10.9. The predicted molar refractivity (Wildman–Crippen MR) is 90.8 cm³/mol. The Labute approximate surface area is 137 Å². The Kier molecular flexibility index (Phi) is 5.23. The molecule has 0 aromatic heterocycles. The molecule has 1 aromatic carbocycles. The predicted octanol–water partition coefficient (Wildman–Crippen LogP) is 4.47. The maximum absolute atomic E-state index is 5.73. The average molecular weight is 312 g/mol. The molecule has 1 aromatic rings. The van der Waals surface area contributed by atoms with E-state index in [0.29, 0.717) is 25.3 Å². The largest absolute Gasteiger partial charge is 0.497 e. The van der Waals surface area contributed by atoms with Crippen LogP contribution in [0.5, 0.6) is 5.75 Å². The van der Waals surface area contributed by atoms with Gasteiger partial charge < -0.3 is 9.47 Å². The van der Waals surface area contributed by atoms with Crippen molar-refractivity contribution in [3.8, 4) is 5.75 Å². The highest BCUT2D eigenvalue weighted by atomic mass is 16.5. The smallest absolute Gasteiger partial charge is 0.118 e. The first-order valence-corrected chi connectivity index (χ1v) is 8.23. The molecule has 1 heterocycles. The van der Waals surface area contributed by atoms with E-state index in [1.165, 1.54) is 18.4 Å². The van der Waals surface area contributed by atoms with Gasteiger partial charge in [0.05, 0.1) is 32.4 Å². The van der Waals surface area contributed by atoms with E-state index in [1.54, 1.807) is 7.11 Å². The highest BCUT2D eigenvalue weighted by Crippen LogP contribution is 2.37. The number of rotatable bonds is 8. The second kappa shape index (κ2) is 7.55. The zero-order valence-electron chi connectivity index (χ0n) is 13.7. The number of azo groups is 1. The van der Waals surface area contributed by atoms with Crippen molar-refractivity contribution in [2.75, 3.05) is 13.7 Å². The standard InChI is InChI=1S/C19H24N2O2/c1-14(4-3-5-17-18-10-11-19(17)21-20-18)12-23-13-15-6-8-16(22-2)9-7-15/h5-9,18-19H,1,3-4,10-13H2,2H3/t18-,19+. The van der Waals surface area contributed by atoms with Crippen LogP contribution in [0.3, 0.4) is 0 Å². The van der Waals surface area contributed by atoms with E-state index in [-0.39, 0.29) is 0 Å². The van der Waals surface area contributed by atoms with E-state index in [0.717, 1.165) is 29.7 Å². The first-order chi connectivity index (χ1) is 11.3. The molecule has 4 heteroatoms. The summed E-state index contributed by atoms with van der Waals surface area (Å²) in [6.07, 6.45) is 6.64. The highest BCUT2D eigenvalue weighted by Gasteiger charge is 2.34. The molecule has 4 nitrogen and oxygen atoms in total. The van der Waals surface area contributed by atoms with Crippen LogP contribution in [0.15, 0.2) is 58.3 Å². The van der Waals surface area contributed by atoms with E-state index < -0.39 is 0 Å². The van der Waals surface area contributed by atoms with E-state index >= 15 is 0 Å². The SMILES string of the molecule is C=C(CCC=C1[C@@H]2CC[C@H]1N=N2)COCc1ccc(OC)cc1. The minimum atomic E-state index is 0.375. The summed E-state index contributed by atoms with van der Waals surface area (Å²) in [6.45, 7) is 5.32. The van der Waals surface area contributed by atoms with E-state index in [9.17, 15) is 0 Å². The molecule has 2 aliphatic rings. The van der Waals surface area contributed by atoms with Gasteiger partial charge in [-0.3, -0.25) is 0 Å². The molecule has 1 aliphatic carbocycles. The highest BCUT2D eigenvalue weighted by molar-refractivity contribution is 5.27. The van der Waals surface area contributed by atoms with Crippen molar-refractivity contribution in [2.45, 2.75) is 44.4 Å². The fourth-order valence-corrected chi connectivity index (χ4v) is 3.10. The molecule has 0 radical (unpaired) electrons. The third-order valence-electron chi connectivity index (χ3n) is 4.44. The van der Waals surface area contributed by atoms with Gasteiger partial charge in [-0.1, -0.05) is 30.4 Å². The summed E-state index contributed by atoms with van der Waals surface area (Å²) in [5, 5.41) is 8.56. The second-order valence-corrected chi connectivity index (χ2v) is 6.17. The molecule has 2 bridgehead atoms. The van der Waals surface area contributed by atoms with Crippen LogP contribution in [-0.2, 0) is 11.3 Å². The topological polar surface area (TPSA) is 43.2 Å². The van der Waals surface area contributed by atoms with Crippen LogP contribution >= 0.6 is 0 Å².